The first-order valence-electron chi connectivity index (χ1n) is 9.29. The summed E-state index contributed by atoms with van der Waals surface area (Å²) in [6, 6.07) is 2.71. The minimum atomic E-state index is -4.49. The lowest BCUT2D eigenvalue weighted by Crippen LogP contribution is -2.63. The van der Waals surface area contributed by atoms with Gasteiger partial charge in [0.25, 0.3) is 0 Å². The van der Waals surface area contributed by atoms with Crippen LogP contribution in [0.1, 0.15) is 50.3 Å². The fourth-order valence-electron chi connectivity index (χ4n) is 4.04. The molecule has 1 amide bonds. The van der Waals surface area contributed by atoms with Crippen LogP contribution in [0.3, 0.4) is 0 Å². The summed E-state index contributed by atoms with van der Waals surface area (Å²) in [6.07, 6.45) is -4.81. The van der Waals surface area contributed by atoms with Gasteiger partial charge in [-0.1, -0.05) is 11.6 Å². The summed E-state index contributed by atoms with van der Waals surface area (Å²) in [5.74, 6) is 0. The van der Waals surface area contributed by atoms with E-state index in [-0.39, 0.29) is 31.6 Å². The Bertz CT molecular complexity index is 743. The van der Waals surface area contributed by atoms with Gasteiger partial charge in [0, 0.05) is 12.8 Å². The number of morpholine rings is 1. The number of hydrogen-bond acceptors (Lipinski definition) is 4. The number of benzene rings is 1. The molecule has 1 N–H and O–H groups in total. The van der Waals surface area contributed by atoms with E-state index in [4.69, 9.17) is 9.47 Å². The largest absolute Gasteiger partial charge is 0.444 e. The number of aryl methyl sites for hydroxylation is 1. The standard InChI is InChI=1S/C20H26F3NO4/c1-12-5-13(7-14(6-12)20(21,22)23)19(26)8-15-10-27-11-16(9-19)24(15)17(25)28-18(2,3)4/h5-7,15-16,26H,8-11H2,1-4H3. The molecule has 5 nitrogen and oxygen atoms in total. The number of aliphatic hydroxyl groups is 1. The summed E-state index contributed by atoms with van der Waals surface area (Å²) in [6.45, 7) is 7.28. The zero-order chi connectivity index (χ0) is 20.9. The third-order valence-corrected chi connectivity index (χ3v) is 5.10. The Balaban J connectivity index is 1.91. The van der Waals surface area contributed by atoms with Crippen LogP contribution >= 0.6 is 0 Å². The Labute approximate surface area is 162 Å². The summed E-state index contributed by atoms with van der Waals surface area (Å²) in [5.41, 5.74) is -2.27. The highest BCUT2D eigenvalue weighted by Crippen LogP contribution is 2.43. The van der Waals surface area contributed by atoms with E-state index in [1.165, 1.54) is 0 Å². The number of halogens is 3. The smallest absolute Gasteiger partial charge is 0.416 e. The summed E-state index contributed by atoms with van der Waals surface area (Å²) in [4.78, 5) is 14.2. The third kappa shape index (κ3) is 4.27. The fraction of sp³-hybridized carbons (Fsp3) is 0.650. The Morgan fingerprint density at radius 1 is 1.18 bits per heavy atom. The second kappa shape index (κ2) is 6.91. The highest BCUT2D eigenvalue weighted by molar-refractivity contribution is 5.69. The van der Waals surface area contributed by atoms with Crippen LogP contribution in [0.2, 0.25) is 0 Å². The van der Waals surface area contributed by atoms with E-state index in [0.717, 1.165) is 12.1 Å². The summed E-state index contributed by atoms with van der Waals surface area (Å²) in [7, 11) is 0. The molecule has 0 aromatic heterocycles. The third-order valence-electron chi connectivity index (χ3n) is 5.10. The zero-order valence-corrected chi connectivity index (χ0v) is 16.5. The number of carbonyl (C=O) groups excluding carboxylic acids is 1. The maximum Gasteiger partial charge on any atom is 0.416 e. The lowest BCUT2D eigenvalue weighted by Gasteiger charge is -2.51. The van der Waals surface area contributed by atoms with Gasteiger partial charge in [-0.25, -0.2) is 4.79 Å². The molecule has 0 aliphatic carbocycles. The molecule has 0 spiro atoms. The Morgan fingerprint density at radius 3 is 2.25 bits per heavy atom. The quantitative estimate of drug-likeness (QED) is 0.773. The van der Waals surface area contributed by atoms with Crippen molar-refractivity contribution < 1.29 is 32.5 Å². The molecular weight excluding hydrogens is 375 g/mol. The van der Waals surface area contributed by atoms with E-state index in [9.17, 15) is 23.1 Å². The molecule has 1 aromatic rings. The SMILES string of the molecule is Cc1cc(C(F)(F)F)cc(C2(O)CC3COCC(C2)N3C(=O)OC(C)(C)C)c1. The van der Waals surface area contributed by atoms with Gasteiger partial charge in [-0.3, -0.25) is 4.90 Å². The van der Waals surface area contributed by atoms with Crippen molar-refractivity contribution in [2.45, 2.75) is 70.0 Å². The molecule has 2 atom stereocenters. The molecule has 156 valence electrons. The number of piperidine rings is 1. The van der Waals surface area contributed by atoms with Crippen molar-refractivity contribution >= 4 is 6.09 Å². The lowest BCUT2D eigenvalue weighted by molar-refractivity contribution is -0.143. The molecule has 2 heterocycles. The van der Waals surface area contributed by atoms with E-state index < -0.39 is 41.1 Å². The Kier molecular flexibility index (Phi) is 5.17. The van der Waals surface area contributed by atoms with Crippen LogP contribution in [0.25, 0.3) is 0 Å². The number of rotatable bonds is 1. The Hall–Kier alpha value is -1.80. The van der Waals surface area contributed by atoms with Crippen molar-refractivity contribution in [2.75, 3.05) is 13.2 Å². The van der Waals surface area contributed by atoms with Gasteiger partial charge in [0.2, 0.25) is 0 Å². The second-order valence-corrected chi connectivity index (χ2v) is 8.76. The molecule has 2 unspecified atom stereocenters. The molecule has 2 saturated heterocycles. The van der Waals surface area contributed by atoms with Crippen LogP contribution in [-0.2, 0) is 21.3 Å². The van der Waals surface area contributed by atoms with Gasteiger partial charge in [-0.15, -0.1) is 0 Å². The van der Waals surface area contributed by atoms with Crippen LogP contribution in [-0.4, -0.2) is 47.0 Å². The maximum absolute atomic E-state index is 13.2. The van der Waals surface area contributed by atoms with Gasteiger partial charge >= 0.3 is 12.3 Å². The van der Waals surface area contributed by atoms with E-state index in [1.54, 1.807) is 38.7 Å². The van der Waals surface area contributed by atoms with Crippen molar-refractivity contribution in [1.29, 1.82) is 0 Å². The number of hydrogen-bond donors (Lipinski definition) is 1. The number of fused-ring (bicyclic) bond motifs is 2. The molecule has 28 heavy (non-hydrogen) atoms. The molecule has 2 aliphatic rings. The summed E-state index contributed by atoms with van der Waals surface area (Å²) < 4.78 is 50.7. The van der Waals surface area contributed by atoms with Gasteiger partial charge in [0.05, 0.1) is 36.5 Å². The predicted octanol–water partition coefficient (Wildman–Crippen LogP) is 4.00. The average Bonchev–Trinajstić information content (AvgIpc) is 2.50. The minimum absolute atomic E-state index is 0.0868. The molecule has 0 radical (unpaired) electrons. The molecule has 1 aromatic carbocycles. The number of ether oxygens (including phenoxy) is 2. The van der Waals surface area contributed by atoms with Crippen molar-refractivity contribution in [3.63, 3.8) is 0 Å². The van der Waals surface area contributed by atoms with Crippen molar-refractivity contribution in [2.24, 2.45) is 0 Å². The highest BCUT2D eigenvalue weighted by atomic mass is 19.4. The van der Waals surface area contributed by atoms with Crippen LogP contribution in [0.5, 0.6) is 0 Å². The minimum Gasteiger partial charge on any atom is -0.444 e. The zero-order valence-electron chi connectivity index (χ0n) is 16.5. The van der Waals surface area contributed by atoms with Crippen LogP contribution in [0.4, 0.5) is 18.0 Å². The van der Waals surface area contributed by atoms with Gasteiger partial charge in [-0.05, 0) is 45.4 Å². The molecule has 2 bridgehead atoms. The number of alkyl halides is 3. The van der Waals surface area contributed by atoms with Gasteiger partial charge in [0.15, 0.2) is 0 Å². The first kappa shape index (κ1) is 20.9. The van der Waals surface area contributed by atoms with Crippen molar-refractivity contribution in [3.05, 3.63) is 34.9 Å². The van der Waals surface area contributed by atoms with E-state index in [2.05, 4.69) is 0 Å². The topological polar surface area (TPSA) is 59.0 Å². The van der Waals surface area contributed by atoms with Crippen LogP contribution in [0.15, 0.2) is 18.2 Å². The van der Waals surface area contributed by atoms with Crippen molar-refractivity contribution in [1.82, 2.24) is 4.90 Å². The van der Waals surface area contributed by atoms with E-state index >= 15 is 0 Å². The summed E-state index contributed by atoms with van der Waals surface area (Å²) >= 11 is 0. The highest BCUT2D eigenvalue weighted by Gasteiger charge is 2.50. The second-order valence-electron chi connectivity index (χ2n) is 8.76. The molecular formula is C20H26F3NO4. The van der Waals surface area contributed by atoms with Gasteiger partial charge in [0.1, 0.15) is 5.60 Å². The molecule has 3 rings (SSSR count). The lowest BCUT2D eigenvalue weighted by atomic mass is 9.76. The van der Waals surface area contributed by atoms with Gasteiger partial charge in [-0.2, -0.15) is 13.2 Å². The first-order valence-corrected chi connectivity index (χ1v) is 9.29. The average molecular weight is 401 g/mol. The molecule has 8 heteroatoms. The number of carbonyl (C=O) groups is 1. The molecule has 2 aliphatic heterocycles. The van der Waals surface area contributed by atoms with E-state index in [1.807, 2.05) is 0 Å². The number of amides is 1. The van der Waals surface area contributed by atoms with Crippen molar-refractivity contribution in [3.8, 4) is 0 Å². The Morgan fingerprint density at radius 2 is 1.75 bits per heavy atom. The predicted molar refractivity (Wildman–Crippen MR) is 95.8 cm³/mol. The molecule has 0 saturated carbocycles. The number of nitrogens with zero attached hydrogens (tertiary/aromatic N) is 1. The maximum atomic E-state index is 13.2. The normalized spacial score (nSPS) is 28.2. The summed E-state index contributed by atoms with van der Waals surface area (Å²) in [5, 5.41) is 11.3. The van der Waals surface area contributed by atoms with Crippen LogP contribution in [0, 0.1) is 6.92 Å². The first-order chi connectivity index (χ1) is 12.8. The van der Waals surface area contributed by atoms with E-state index in [0.29, 0.717) is 5.56 Å². The van der Waals surface area contributed by atoms with Gasteiger partial charge < -0.3 is 14.6 Å². The molecule has 2 fully saturated rings. The fourth-order valence-corrected chi connectivity index (χ4v) is 4.04. The van der Waals surface area contributed by atoms with Crippen LogP contribution < -0.4 is 0 Å². The monoisotopic (exact) mass is 401 g/mol.